The molecule has 19 heavy (non-hydrogen) atoms. The van der Waals surface area contributed by atoms with E-state index >= 15 is 0 Å². The third kappa shape index (κ3) is 3.48. The van der Waals surface area contributed by atoms with Gasteiger partial charge in [-0.15, -0.1) is 0 Å². The van der Waals surface area contributed by atoms with Crippen molar-refractivity contribution in [3.8, 4) is 0 Å². The van der Waals surface area contributed by atoms with Crippen LogP contribution in [0.2, 0.25) is 0 Å². The fourth-order valence-electron chi connectivity index (χ4n) is 3.54. The molecule has 0 spiro atoms. The van der Waals surface area contributed by atoms with Gasteiger partial charge >= 0.3 is 0 Å². The average molecular weight is 265 g/mol. The highest BCUT2D eigenvalue weighted by atomic mass is 16.2. The molecule has 0 aromatic rings. The van der Waals surface area contributed by atoms with E-state index in [9.17, 15) is 4.79 Å². The number of nitrogens with one attached hydrogen (secondary N) is 2. The van der Waals surface area contributed by atoms with E-state index in [1.807, 2.05) is 0 Å². The van der Waals surface area contributed by atoms with Crippen LogP contribution in [0.15, 0.2) is 0 Å². The van der Waals surface area contributed by atoms with Crippen molar-refractivity contribution >= 4 is 5.91 Å². The maximum atomic E-state index is 12.3. The van der Waals surface area contributed by atoms with Gasteiger partial charge in [0.05, 0.1) is 6.04 Å². The van der Waals surface area contributed by atoms with Crippen LogP contribution in [-0.4, -0.2) is 49.1 Å². The SMILES string of the molecule is O=C1NCCCCC1N(CC1CCNCC1)C1CC1. The van der Waals surface area contributed by atoms with Gasteiger partial charge in [0.2, 0.25) is 5.91 Å². The molecule has 0 aromatic carbocycles. The van der Waals surface area contributed by atoms with Crippen molar-refractivity contribution in [3.05, 3.63) is 0 Å². The third-order valence-electron chi connectivity index (χ3n) is 4.85. The number of hydrogen-bond donors (Lipinski definition) is 2. The molecule has 3 fully saturated rings. The highest BCUT2D eigenvalue weighted by Crippen LogP contribution is 2.32. The number of carbonyl (C=O) groups is 1. The lowest BCUT2D eigenvalue weighted by Gasteiger charge is -2.34. The second-order valence-electron chi connectivity index (χ2n) is 6.42. The first-order valence-corrected chi connectivity index (χ1v) is 8.09. The monoisotopic (exact) mass is 265 g/mol. The van der Waals surface area contributed by atoms with E-state index in [1.54, 1.807) is 0 Å². The molecule has 3 rings (SSSR count). The molecule has 2 N–H and O–H groups in total. The van der Waals surface area contributed by atoms with Crippen LogP contribution >= 0.6 is 0 Å². The highest BCUT2D eigenvalue weighted by Gasteiger charge is 2.38. The van der Waals surface area contributed by atoms with Crippen LogP contribution in [-0.2, 0) is 4.79 Å². The first kappa shape index (κ1) is 13.4. The van der Waals surface area contributed by atoms with Gasteiger partial charge < -0.3 is 10.6 Å². The van der Waals surface area contributed by atoms with Gasteiger partial charge in [-0.3, -0.25) is 9.69 Å². The summed E-state index contributed by atoms with van der Waals surface area (Å²) in [6.07, 6.45) is 8.55. The number of rotatable bonds is 4. The number of amides is 1. The summed E-state index contributed by atoms with van der Waals surface area (Å²) < 4.78 is 0. The zero-order valence-electron chi connectivity index (χ0n) is 11.9. The maximum absolute atomic E-state index is 12.3. The fourth-order valence-corrected chi connectivity index (χ4v) is 3.54. The van der Waals surface area contributed by atoms with Crippen LogP contribution in [0.3, 0.4) is 0 Å². The highest BCUT2D eigenvalue weighted by molar-refractivity contribution is 5.82. The fraction of sp³-hybridized carbons (Fsp3) is 0.933. The first-order chi connectivity index (χ1) is 9.34. The molecule has 4 nitrogen and oxygen atoms in total. The minimum Gasteiger partial charge on any atom is -0.355 e. The molecule has 0 radical (unpaired) electrons. The molecule has 1 aliphatic carbocycles. The molecule has 1 atom stereocenters. The van der Waals surface area contributed by atoms with Crippen LogP contribution in [0.4, 0.5) is 0 Å². The van der Waals surface area contributed by atoms with E-state index in [1.165, 1.54) is 32.1 Å². The lowest BCUT2D eigenvalue weighted by atomic mass is 9.96. The molecule has 1 unspecified atom stereocenters. The normalized spacial score (nSPS) is 30.2. The quantitative estimate of drug-likeness (QED) is 0.800. The number of nitrogens with zero attached hydrogens (tertiary/aromatic N) is 1. The second kappa shape index (κ2) is 6.23. The van der Waals surface area contributed by atoms with Gasteiger partial charge in [-0.05, 0) is 64.0 Å². The Labute approximate surface area is 116 Å². The minimum atomic E-state index is 0.157. The minimum absolute atomic E-state index is 0.157. The van der Waals surface area contributed by atoms with Crippen LogP contribution in [0, 0.1) is 5.92 Å². The summed E-state index contributed by atoms with van der Waals surface area (Å²) in [5, 5.41) is 6.54. The van der Waals surface area contributed by atoms with E-state index in [0.717, 1.165) is 44.9 Å². The molecule has 2 heterocycles. The molecule has 108 valence electrons. The standard InChI is InChI=1S/C15H27N3O/c19-15-14(3-1-2-8-17-15)18(13-4-5-13)11-12-6-9-16-10-7-12/h12-14,16H,1-11H2,(H,17,19). The zero-order valence-corrected chi connectivity index (χ0v) is 11.9. The van der Waals surface area contributed by atoms with Crippen molar-refractivity contribution in [2.24, 2.45) is 5.92 Å². The van der Waals surface area contributed by atoms with Crippen molar-refractivity contribution in [1.29, 1.82) is 0 Å². The van der Waals surface area contributed by atoms with Crippen molar-refractivity contribution in [2.75, 3.05) is 26.2 Å². The molecule has 1 amide bonds. The van der Waals surface area contributed by atoms with Gasteiger partial charge in [-0.2, -0.15) is 0 Å². The Kier molecular flexibility index (Phi) is 4.38. The van der Waals surface area contributed by atoms with Crippen molar-refractivity contribution in [1.82, 2.24) is 15.5 Å². The zero-order chi connectivity index (χ0) is 13.1. The van der Waals surface area contributed by atoms with Crippen LogP contribution in [0.5, 0.6) is 0 Å². The van der Waals surface area contributed by atoms with E-state index in [0.29, 0.717) is 11.9 Å². The van der Waals surface area contributed by atoms with Crippen molar-refractivity contribution < 1.29 is 4.79 Å². The van der Waals surface area contributed by atoms with E-state index in [4.69, 9.17) is 0 Å². The van der Waals surface area contributed by atoms with Gasteiger partial charge in [-0.25, -0.2) is 0 Å². The molecule has 2 saturated heterocycles. The molecule has 0 aromatic heterocycles. The Morgan fingerprint density at radius 2 is 1.79 bits per heavy atom. The van der Waals surface area contributed by atoms with E-state index < -0.39 is 0 Å². The molecule has 4 heteroatoms. The molecular weight excluding hydrogens is 238 g/mol. The Morgan fingerprint density at radius 1 is 1.00 bits per heavy atom. The summed E-state index contributed by atoms with van der Waals surface area (Å²) in [6.45, 7) is 4.33. The summed E-state index contributed by atoms with van der Waals surface area (Å²) in [6, 6.07) is 0.855. The number of carbonyl (C=O) groups excluding carboxylic acids is 1. The summed E-state index contributed by atoms with van der Waals surface area (Å²) in [4.78, 5) is 14.8. The largest absolute Gasteiger partial charge is 0.355 e. The van der Waals surface area contributed by atoms with E-state index in [-0.39, 0.29) is 6.04 Å². The van der Waals surface area contributed by atoms with Crippen LogP contribution < -0.4 is 10.6 Å². The lowest BCUT2D eigenvalue weighted by Crippen LogP contribution is -2.49. The first-order valence-electron chi connectivity index (χ1n) is 8.09. The van der Waals surface area contributed by atoms with Crippen LogP contribution in [0.1, 0.15) is 44.9 Å². The maximum Gasteiger partial charge on any atom is 0.237 e. The summed E-state index contributed by atoms with van der Waals surface area (Å²) >= 11 is 0. The average Bonchev–Trinajstić information content (AvgIpc) is 3.26. The Balaban J connectivity index is 1.63. The summed E-state index contributed by atoms with van der Waals surface area (Å²) in [5.74, 6) is 1.08. The Bertz CT molecular complexity index is 311. The Morgan fingerprint density at radius 3 is 2.53 bits per heavy atom. The van der Waals surface area contributed by atoms with Gasteiger partial charge in [0.1, 0.15) is 0 Å². The van der Waals surface area contributed by atoms with Gasteiger partial charge in [-0.1, -0.05) is 0 Å². The van der Waals surface area contributed by atoms with Gasteiger partial charge in [0.15, 0.2) is 0 Å². The molecule has 3 aliphatic rings. The molecule has 0 bridgehead atoms. The van der Waals surface area contributed by atoms with Crippen molar-refractivity contribution in [2.45, 2.75) is 57.0 Å². The number of hydrogen-bond acceptors (Lipinski definition) is 3. The van der Waals surface area contributed by atoms with E-state index in [2.05, 4.69) is 15.5 Å². The Hall–Kier alpha value is -0.610. The molecule has 2 aliphatic heterocycles. The topological polar surface area (TPSA) is 44.4 Å². The van der Waals surface area contributed by atoms with Gasteiger partial charge in [0, 0.05) is 19.1 Å². The predicted octanol–water partition coefficient (Wildman–Crippen LogP) is 1.12. The smallest absolute Gasteiger partial charge is 0.237 e. The summed E-state index contributed by atoms with van der Waals surface area (Å²) in [7, 11) is 0. The van der Waals surface area contributed by atoms with Crippen LogP contribution in [0.25, 0.3) is 0 Å². The van der Waals surface area contributed by atoms with Crippen molar-refractivity contribution in [3.63, 3.8) is 0 Å². The summed E-state index contributed by atoms with van der Waals surface area (Å²) in [5.41, 5.74) is 0. The molecule has 1 saturated carbocycles. The predicted molar refractivity (Wildman–Crippen MR) is 76.0 cm³/mol. The second-order valence-corrected chi connectivity index (χ2v) is 6.42. The third-order valence-corrected chi connectivity index (χ3v) is 4.85. The molecular formula is C15H27N3O. The number of piperidine rings is 1. The van der Waals surface area contributed by atoms with Gasteiger partial charge in [0.25, 0.3) is 0 Å². The lowest BCUT2D eigenvalue weighted by molar-refractivity contribution is -0.126.